The van der Waals surface area contributed by atoms with Gasteiger partial charge in [-0.2, -0.15) is 5.10 Å². The number of rotatable bonds is 4. The fourth-order valence-corrected chi connectivity index (χ4v) is 3.52. The standard InChI is InChI=1S/C19H22ClN3O3/c1-11-4-5-15(8-17(11)20)23-13(3)16(12(2)21-23)9-18(24)22-7-6-14(10-22)19(25)26/h4-5,8,14H,6-7,9-10H2,1-3H3,(H,25,26). The molecule has 138 valence electrons. The third-order valence-corrected chi connectivity index (χ3v) is 5.47. The Bertz CT molecular complexity index is 875. The minimum atomic E-state index is -0.836. The van der Waals surface area contributed by atoms with Crippen LogP contribution in [0.15, 0.2) is 18.2 Å². The number of hydrogen-bond donors (Lipinski definition) is 1. The van der Waals surface area contributed by atoms with Crippen LogP contribution in [0.5, 0.6) is 0 Å². The van der Waals surface area contributed by atoms with Gasteiger partial charge in [-0.25, -0.2) is 4.68 Å². The number of aryl methyl sites for hydroxylation is 2. The van der Waals surface area contributed by atoms with Crippen molar-refractivity contribution in [2.75, 3.05) is 13.1 Å². The molecule has 0 spiro atoms. The number of carboxylic acids is 1. The lowest BCUT2D eigenvalue weighted by molar-refractivity contribution is -0.141. The van der Waals surface area contributed by atoms with Crippen LogP contribution in [0.4, 0.5) is 0 Å². The molecule has 1 unspecified atom stereocenters. The Morgan fingerprint density at radius 3 is 2.65 bits per heavy atom. The predicted molar refractivity (Wildman–Crippen MR) is 98.8 cm³/mol. The summed E-state index contributed by atoms with van der Waals surface area (Å²) in [6.45, 7) is 6.54. The Kier molecular flexibility index (Phi) is 5.05. The molecule has 1 aromatic heterocycles. The van der Waals surface area contributed by atoms with Crippen LogP contribution >= 0.6 is 11.6 Å². The van der Waals surface area contributed by atoms with Gasteiger partial charge in [0, 0.05) is 29.4 Å². The summed E-state index contributed by atoms with van der Waals surface area (Å²) >= 11 is 6.22. The Labute approximate surface area is 157 Å². The highest BCUT2D eigenvalue weighted by atomic mass is 35.5. The van der Waals surface area contributed by atoms with E-state index in [0.29, 0.717) is 18.0 Å². The zero-order valence-corrected chi connectivity index (χ0v) is 15.9. The number of carboxylic acid groups (broad SMARTS) is 1. The summed E-state index contributed by atoms with van der Waals surface area (Å²) in [4.78, 5) is 25.3. The molecule has 3 rings (SSSR count). The second-order valence-corrected chi connectivity index (χ2v) is 7.24. The molecule has 2 aromatic rings. The van der Waals surface area contributed by atoms with Crippen LogP contribution in [0.2, 0.25) is 5.02 Å². The van der Waals surface area contributed by atoms with E-state index >= 15 is 0 Å². The fourth-order valence-electron chi connectivity index (χ4n) is 3.35. The lowest BCUT2D eigenvalue weighted by atomic mass is 10.1. The van der Waals surface area contributed by atoms with Crippen LogP contribution in [0.3, 0.4) is 0 Å². The average Bonchev–Trinajstić information content (AvgIpc) is 3.18. The molecule has 1 saturated heterocycles. The number of carbonyl (C=O) groups excluding carboxylic acids is 1. The van der Waals surface area contributed by atoms with Gasteiger partial charge in [-0.1, -0.05) is 17.7 Å². The van der Waals surface area contributed by atoms with E-state index in [-0.39, 0.29) is 18.9 Å². The SMILES string of the molecule is Cc1ccc(-n2nc(C)c(CC(=O)N3CCC(C(=O)O)C3)c2C)cc1Cl. The molecule has 2 heterocycles. The summed E-state index contributed by atoms with van der Waals surface area (Å²) in [6.07, 6.45) is 0.740. The zero-order valence-electron chi connectivity index (χ0n) is 15.1. The molecule has 1 atom stereocenters. The first-order chi connectivity index (χ1) is 12.3. The second-order valence-electron chi connectivity index (χ2n) is 6.84. The highest BCUT2D eigenvalue weighted by Crippen LogP contribution is 2.24. The highest BCUT2D eigenvalue weighted by molar-refractivity contribution is 6.31. The first kappa shape index (κ1) is 18.5. The van der Waals surface area contributed by atoms with Crippen molar-refractivity contribution in [3.8, 4) is 5.69 Å². The van der Waals surface area contributed by atoms with Crippen LogP contribution in [0.1, 0.15) is 28.9 Å². The summed E-state index contributed by atoms with van der Waals surface area (Å²) < 4.78 is 1.80. The number of nitrogens with zero attached hydrogens (tertiary/aromatic N) is 3. The molecule has 1 aliphatic heterocycles. The summed E-state index contributed by atoms with van der Waals surface area (Å²) in [5.74, 6) is -1.35. The molecule has 0 aliphatic carbocycles. The Hall–Kier alpha value is -2.34. The van der Waals surface area contributed by atoms with Crippen molar-refractivity contribution in [2.45, 2.75) is 33.6 Å². The van der Waals surface area contributed by atoms with Crippen molar-refractivity contribution in [1.82, 2.24) is 14.7 Å². The number of hydrogen-bond acceptors (Lipinski definition) is 3. The van der Waals surface area contributed by atoms with Crippen LogP contribution in [-0.4, -0.2) is 44.8 Å². The lowest BCUT2D eigenvalue weighted by Gasteiger charge is -2.16. The maximum absolute atomic E-state index is 12.6. The van der Waals surface area contributed by atoms with Crippen LogP contribution in [-0.2, 0) is 16.0 Å². The Morgan fingerprint density at radius 2 is 2.04 bits per heavy atom. The van der Waals surface area contributed by atoms with Crippen LogP contribution in [0.25, 0.3) is 5.69 Å². The van der Waals surface area contributed by atoms with Gasteiger partial charge in [0.05, 0.1) is 23.7 Å². The van der Waals surface area contributed by atoms with Crippen LogP contribution < -0.4 is 0 Å². The van der Waals surface area contributed by atoms with Crippen molar-refractivity contribution in [2.24, 2.45) is 5.92 Å². The molecule has 0 bridgehead atoms. The van der Waals surface area contributed by atoms with Crippen LogP contribution in [0, 0.1) is 26.7 Å². The summed E-state index contributed by atoms with van der Waals surface area (Å²) in [6, 6.07) is 5.75. The molecule has 0 radical (unpaired) electrons. The monoisotopic (exact) mass is 375 g/mol. The number of benzene rings is 1. The summed E-state index contributed by atoms with van der Waals surface area (Å²) in [5, 5.41) is 14.3. The smallest absolute Gasteiger partial charge is 0.308 e. The molecule has 7 heteroatoms. The maximum atomic E-state index is 12.6. The van der Waals surface area contributed by atoms with E-state index in [2.05, 4.69) is 5.10 Å². The molecule has 6 nitrogen and oxygen atoms in total. The van der Waals surface area contributed by atoms with E-state index in [1.54, 1.807) is 9.58 Å². The van der Waals surface area contributed by atoms with E-state index in [1.165, 1.54) is 0 Å². The normalized spacial score (nSPS) is 16.9. The highest BCUT2D eigenvalue weighted by Gasteiger charge is 2.31. The van der Waals surface area contributed by atoms with E-state index in [0.717, 1.165) is 28.2 Å². The second kappa shape index (κ2) is 7.11. The predicted octanol–water partition coefficient (Wildman–Crippen LogP) is 2.93. The van der Waals surface area contributed by atoms with E-state index in [1.807, 2.05) is 39.0 Å². The Balaban J connectivity index is 1.81. The quantitative estimate of drug-likeness (QED) is 0.891. The fraction of sp³-hybridized carbons (Fsp3) is 0.421. The largest absolute Gasteiger partial charge is 0.481 e. The van der Waals surface area contributed by atoms with E-state index in [9.17, 15) is 9.59 Å². The van der Waals surface area contributed by atoms with Gasteiger partial charge in [0.25, 0.3) is 0 Å². The molecule has 1 N–H and O–H groups in total. The lowest BCUT2D eigenvalue weighted by Crippen LogP contribution is -2.31. The summed E-state index contributed by atoms with van der Waals surface area (Å²) in [5.41, 5.74) is 4.41. The van der Waals surface area contributed by atoms with E-state index < -0.39 is 11.9 Å². The maximum Gasteiger partial charge on any atom is 0.308 e. The number of amides is 1. The zero-order chi connectivity index (χ0) is 19.0. The Morgan fingerprint density at radius 1 is 1.31 bits per heavy atom. The van der Waals surface area contributed by atoms with Crippen molar-refractivity contribution < 1.29 is 14.7 Å². The minimum absolute atomic E-state index is 0.0542. The van der Waals surface area contributed by atoms with Gasteiger partial charge >= 0.3 is 5.97 Å². The number of carbonyl (C=O) groups is 2. The van der Waals surface area contributed by atoms with Crippen molar-refractivity contribution in [3.63, 3.8) is 0 Å². The molecular weight excluding hydrogens is 354 g/mol. The first-order valence-corrected chi connectivity index (χ1v) is 8.98. The van der Waals surface area contributed by atoms with Crippen molar-refractivity contribution in [3.05, 3.63) is 45.7 Å². The van der Waals surface area contributed by atoms with E-state index in [4.69, 9.17) is 16.7 Å². The number of likely N-dealkylation sites (tertiary alicyclic amines) is 1. The van der Waals surface area contributed by atoms with Gasteiger partial charge in [-0.15, -0.1) is 0 Å². The molecule has 1 fully saturated rings. The van der Waals surface area contributed by atoms with Gasteiger partial charge in [-0.05, 0) is 44.9 Å². The third kappa shape index (κ3) is 3.46. The third-order valence-electron chi connectivity index (χ3n) is 5.06. The minimum Gasteiger partial charge on any atom is -0.481 e. The molecule has 0 saturated carbocycles. The first-order valence-electron chi connectivity index (χ1n) is 8.60. The molecule has 1 aromatic carbocycles. The summed E-state index contributed by atoms with van der Waals surface area (Å²) in [7, 11) is 0. The molecule has 1 aliphatic rings. The van der Waals surface area contributed by atoms with Gasteiger partial charge in [0.2, 0.25) is 5.91 Å². The van der Waals surface area contributed by atoms with Gasteiger partial charge in [0.15, 0.2) is 0 Å². The number of aromatic nitrogens is 2. The average molecular weight is 376 g/mol. The molecular formula is C19H22ClN3O3. The number of aliphatic carboxylic acids is 1. The van der Waals surface area contributed by atoms with Gasteiger partial charge < -0.3 is 10.0 Å². The topological polar surface area (TPSA) is 75.4 Å². The molecule has 26 heavy (non-hydrogen) atoms. The van der Waals surface area contributed by atoms with Gasteiger partial charge in [0.1, 0.15) is 0 Å². The van der Waals surface area contributed by atoms with Crippen molar-refractivity contribution in [1.29, 1.82) is 0 Å². The van der Waals surface area contributed by atoms with Crippen molar-refractivity contribution >= 4 is 23.5 Å². The van der Waals surface area contributed by atoms with Gasteiger partial charge in [-0.3, -0.25) is 9.59 Å². The number of halogens is 1. The molecule has 1 amide bonds.